The van der Waals surface area contributed by atoms with E-state index in [0.29, 0.717) is 0 Å². The molecule has 0 spiro atoms. The van der Waals surface area contributed by atoms with Crippen molar-refractivity contribution in [3.63, 3.8) is 0 Å². The molecular formula is C12H18N4. The van der Waals surface area contributed by atoms with Gasteiger partial charge in [0.2, 0.25) is 0 Å². The van der Waals surface area contributed by atoms with E-state index < -0.39 is 0 Å². The lowest BCUT2D eigenvalue weighted by Crippen LogP contribution is -2.19. The minimum Gasteiger partial charge on any atom is -0.359 e. The molecule has 0 aliphatic heterocycles. The van der Waals surface area contributed by atoms with E-state index in [1.807, 2.05) is 12.3 Å². The van der Waals surface area contributed by atoms with Crippen molar-refractivity contribution in [1.29, 1.82) is 0 Å². The van der Waals surface area contributed by atoms with E-state index in [4.69, 9.17) is 0 Å². The molecule has 0 fully saturated rings. The van der Waals surface area contributed by atoms with Crippen LogP contribution in [0.25, 0.3) is 11.0 Å². The van der Waals surface area contributed by atoms with Crippen LogP contribution >= 0.6 is 0 Å². The van der Waals surface area contributed by atoms with Crippen LogP contribution in [0.3, 0.4) is 0 Å². The summed E-state index contributed by atoms with van der Waals surface area (Å²) >= 11 is 0. The van der Waals surface area contributed by atoms with E-state index in [0.717, 1.165) is 23.4 Å². The van der Waals surface area contributed by atoms with Crippen LogP contribution in [0, 0.1) is 0 Å². The van der Waals surface area contributed by atoms with Gasteiger partial charge in [0.25, 0.3) is 0 Å². The molecule has 0 radical (unpaired) electrons. The van der Waals surface area contributed by atoms with E-state index in [9.17, 15) is 0 Å². The van der Waals surface area contributed by atoms with Crippen LogP contribution in [-0.2, 0) is 0 Å². The highest BCUT2D eigenvalue weighted by Gasteiger charge is 2.08. The Kier molecular flexibility index (Phi) is 3.39. The summed E-state index contributed by atoms with van der Waals surface area (Å²) < 4.78 is 0. The van der Waals surface area contributed by atoms with E-state index >= 15 is 0 Å². The minimum absolute atomic E-state index is 0.910. The lowest BCUT2D eigenvalue weighted by molar-refractivity contribution is 0.702. The van der Waals surface area contributed by atoms with Crippen molar-refractivity contribution in [3.05, 3.63) is 18.6 Å². The molecule has 86 valence electrons. The predicted molar refractivity (Wildman–Crippen MR) is 66.7 cm³/mol. The van der Waals surface area contributed by atoms with Gasteiger partial charge in [-0.3, -0.25) is 0 Å². The lowest BCUT2D eigenvalue weighted by atomic mass is 10.2. The highest BCUT2D eigenvalue weighted by atomic mass is 15.2. The van der Waals surface area contributed by atoms with Gasteiger partial charge < -0.3 is 9.88 Å². The first-order chi connectivity index (χ1) is 7.83. The van der Waals surface area contributed by atoms with Crippen molar-refractivity contribution in [2.75, 3.05) is 18.5 Å². The number of anilines is 1. The molecule has 0 aromatic carbocycles. The maximum Gasteiger partial charge on any atom is 0.142 e. The second kappa shape index (κ2) is 4.96. The van der Waals surface area contributed by atoms with Gasteiger partial charge in [0.05, 0.1) is 5.39 Å². The zero-order chi connectivity index (χ0) is 11.4. The molecule has 2 heterocycles. The minimum atomic E-state index is 0.910. The average Bonchev–Trinajstić information content (AvgIpc) is 2.76. The predicted octanol–water partition coefficient (Wildman–Crippen LogP) is 2.58. The van der Waals surface area contributed by atoms with E-state index in [1.165, 1.54) is 19.3 Å². The van der Waals surface area contributed by atoms with Gasteiger partial charge in [-0.25, -0.2) is 9.97 Å². The number of nitrogens with zero attached hydrogens (tertiary/aromatic N) is 3. The Labute approximate surface area is 95.7 Å². The summed E-state index contributed by atoms with van der Waals surface area (Å²) in [5.74, 6) is 1.02. The molecule has 0 bridgehead atoms. The number of unbranched alkanes of at least 4 members (excludes halogenated alkanes) is 2. The first-order valence-electron chi connectivity index (χ1n) is 5.82. The average molecular weight is 218 g/mol. The molecule has 2 aromatic heterocycles. The summed E-state index contributed by atoms with van der Waals surface area (Å²) in [5.41, 5.74) is 0.910. The topological polar surface area (TPSA) is 44.8 Å². The van der Waals surface area contributed by atoms with E-state index in [2.05, 4.69) is 33.8 Å². The third-order valence-electron chi connectivity index (χ3n) is 2.79. The van der Waals surface area contributed by atoms with E-state index in [-0.39, 0.29) is 0 Å². The number of hydrogen-bond acceptors (Lipinski definition) is 3. The molecule has 4 heteroatoms. The van der Waals surface area contributed by atoms with Gasteiger partial charge in [0, 0.05) is 19.8 Å². The smallest absolute Gasteiger partial charge is 0.142 e. The number of nitrogens with one attached hydrogen (secondary N) is 1. The maximum absolute atomic E-state index is 4.35. The van der Waals surface area contributed by atoms with Crippen LogP contribution in [-0.4, -0.2) is 28.5 Å². The molecule has 0 saturated heterocycles. The Morgan fingerprint density at radius 3 is 3.00 bits per heavy atom. The Morgan fingerprint density at radius 2 is 2.19 bits per heavy atom. The van der Waals surface area contributed by atoms with Crippen LogP contribution in [0.2, 0.25) is 0 Å². The quantitative estimate of drug-likeness (QED) is 0.784. The molecule has 0 amide bonds. The zero-order valence-corrected chi connectivity index (χ0v) is 9.90. The van der Waals surface area contributed by atoms with Crippen LogP contribution in [0.5, 0.6) is 0 Å². The van der Waals surface area contributed by atoms with Gasteiger partial charge in [-0.2, -0.15) is 0 Å². The van der Waals surface area contributed by atoms with Crippen LogP contribution in [0.4, 0.5) is 5.82 Å². The number of fused-ring (bicyclic) bond motifs is 1. The Balaban J connectivity index is 2.15. The Hall–Kier alpha value is -1.58. The van der Waals surface area contributed by atoms with Crippen molar-refractivity contribution in [1.82, 2.24) is 15.0 Å². The van der Waals surface area contributed by atoms with Gasteiger partial charge >= 0.3 is 0 Å². The molecule has 2 rings (SSSR count). The monoisotopic (exact) mass is 218 g/mol. The number of rotatable bonds is 5. The maximum atomic E-state index is 4.35. The molecule has 0 aliphatic carbocycles. The summed E-state index contributed by atoms with van der Waals surface area (Å²) in [6, 6.07) is 2.03. The third-order valence-corrected chi connectivity index (χ3v) is 2.79. The molecule has 0 unspecified atom stereocenters. The second-order valence-electron chi connectivity index (χ2n) is 4.07. The molecule has 0 saturated carbocycles. The van der Waals surface area contributed by atoms with Crippen LogP contribution < -0.4 is 4.90 Å². The lowest BCUT2D eigenvalue weighted by Gasteiger charge is -2.18. The summed E-state index contributed by atoms with van der Waals surface area (Å²) in [7, 11) is 2.09. The number of aromatic amines is 1. The highest BCUT2D eigenvalue weighted by molar-refractivity contribution is 5.87. The number of hydrogen-bond donors (Lipinski definition) is 1. The van der Waals surface area contributed by atoms with Gasteiger partial charge in [-0.15, -0.1) is 0 Å². The van der Waals surface area contributed by atoms with E-state index in [1.54, 1.807) is 6.33 Å². The third kappa shape index (κ3) is 2.15. The molecular weight excluding hydrogens is 200 g/mol. The van der Waals surface area contributed by atoms with Gasteiger partial charge in [-0.1, -0.05) is 19.8 Å². The van der Waals surface area contributed by atoms with Crippen LogP contribution in [0.15, 0.2) is 18.6 Å². The zero-order valence-electron chi connectivity index (χ0n) is 9.90. The van der Waals surface area contributed by atoms with Crippen molar-refractivity contribution in [2.45, 2.75) is 26.2 Å². The first kappa shape index (κ1) is 10.9. The first-order valence-corrected chi connectivity index (χ1v) is 5.82. The fraction of sp³-hybridized carbons (Fsp3) is 0.500. The van der Waals surface area contributed by atoms with Gasteiger partial charge in [0.1, 0.15) is 17.8 Å². The molecule has 0 aliphatic rings. The molecule has 4 nitrogen and oxygen atoms in total. The molecule has 0 atom stereocenters. The number of aromatic nitrogens is 3. The SMILES string of the molecule is CCCCCN(C)c1ncnc2[nH]ccc12. The standard InChI is InChI=1S/C12H18N4/c1-3-4-5-8-16(2)12-10-6-7-13-11(10)14-9-15-12/h6-7,9H,3-5,8H2,1-2H3,(H,13,14,15). The number of H-pyrrole nitrogens is 1. The fourth-order valence-electron chi connectivity index (χ4n) is 1.87. The molecule has 16 heavy (non-hydrogen) atoms. The van der Waals surface area contributed by atoms with Crippen molar-refractivity contribution >= 4 is 16.9 Å². The fourth-order valence-corrected chi connectivity index (χ4v) is 1.87. The summed E-state index contributed by atoms with van der Waals surface area (Å²) in [4.78, 5) is 13.8. The molecule has 2 aromatic rings. The van der Waals surface area contributed by atoms with Crippen molar-refractivity contribution in [2.24, 2.45) is 0 Å². The summed E-state index contributed by atoms with van der Waals surface area (Å²) in [6.07, 6.45) is 7.25. The van der Waals surface area contributed by atoms with Gasteiger partial charge in [0.15, 0.2) is 0 Å². The molecule has 1 N–H and O–H groups in total. The second-order valence-corrected chi connectivity index (χ2v) is 4.07. The summed E-state index contributed by atoms with van der Waals surface area (Å²) in [5, 5.41) is 1.10. The van der Waals surface area contributed by atoms with Gasteiger partial charge in [-0.05, 0) is 12.5 Å². The van der Waals surface area contributed by atoms with Crippen molar-refractivity contribution < 1.29 is 0 Å². The normalized spacial score (nSPS) is 10.9. The Bertz CT molecular complexity index is 449. The van der Waals surface area contributed by atoms with Crippen LogP contribution in [0.1, 0.15) is 26.2 Å². The Morgan fingerprint density at radius 1 is 1.31 bits per heavy atom. The van der Waals surface area contributed by atoms with Crippen molar-refractivity contribution in [3.8, 4) is 0 Å². The largest absolute Gasteiger partial charge is 0.359 e. The highest BCUT2D eigenvalue weighted by Crippen LogP contribution is 2.20. The summed E-state index contributed by atoms with van der Waals surface area (Å²) in [6.45, 7) is 3.26.